The van der Waals surface area contributed by atoms with Gasteiger partial charge in [-0.25, -0.2) is 9.18 Å². The van der Waals surface area contributed by atoms with Gasteiger partial charge in [0.15, 0.2) is 0 Å². The number of carbonyl (C=O) groups excluding carboxylic acids is 1. The lowest BCUT2D eigenvalue weighted by Crippen LogP contribution is -2.67. The Labute approximate surface area is 195 Å². The monoisotopic (exact) mass is 451 g/mol. The van der Waals surface area contributed by atoms with Crippen LogP contribution >= 0.6 is 0 Å². The number of hydrogen-bond acceptors (Lipinski definition) is 3. The Bertz CT molecular complexity index is 1050. The lowest BCUT2D eigenvalue weighted by Gasteiger charge is -2.60. The van der Waals surface area contributed by atoms with Crippen LogP contribution in [0, 0.1) is 11.7 Å². The van der Waals surface area contributed by atoms with Gasteiger partial charge in [-0.2, -0.15) is 0 Å². The zero-order valence-electron chi connectivity index (χ0n) is 20.0. The minimum absolute atomic E-state index is 0.0597. The van der Waals surface area contributed by atoms with Gasteiger partial charge in [-0.15, -0.1) is 0 Å². The molecular weight excluding hydrogens is 417 g/mol. The second kappa shape index (κ2) is 7.54. The van der Waals surface area contributed by atoms with Crippen molar-refractivity contribution in [3.05, 3.63) is 65.5 Å². The first kappa shape index (κ1) is 22.4. The molecule has 3 fully saturated rings. The van der Waals surface area contributed by atoms with E-state index in [1.54, 1.807) is 26.0 Å². The van der Waals surface area contributed by atoms with Crippen molar-refractivity contribution in [3.8, 4) is 0 Å². The number of amides is 2. The quantitative estimate of drug-likeness (QED) is 0.693. The van der Waals surface area contributed by atoms with E-state index in [1.165, 1.54) is 18.9 Å². The Balaban J connectivity index is 1.46. The summed E-state index contributed by atoms with van der Waals surface area (Å²) >= 11 is 0. The number of urea groups is 1. The van der Waals surface area contributed by atoms with E-state index < -0.39 is 5.60 Å². The maximum Gasteiger partial charge on any atom is 0.325 e. The van der Waals surface area contributed by atoms with Gasteiger partial charge in [0.25, 0.3) is 0 Å². The van der Waals surface area contributed by atoms with Crippen LogP contribution in [0.2, 0.25) is 0 Å². The van der Waals surface area contributed by atoms with Crippen molar-refractivity contribution in [1.29, 1.82) is 0 Å². The van der Waals surface area contributed by atoms with Gasteiger partial charge in [0.1, 0.15) is 5.82 Å². The van der Waals surface area contributed by atoms with Crippen molar-refractivity contribution in [1.82, 2.24) is 9.80 Å². The molecule has 1 aliphatic heterocycles. The fourth-order valence-electron chi connectivity index (χ4n) is 5.77. The number of hydrogen-bond donors (Lipinski definition) is 1. The molecule has 0 bridgehead atoms. The van der Waals surface area contributed by atoms with E-state index in [9.17, 15) is 14.3 Å². The molecule has 0 radical (unpaired) electrons. The Morgan fingerprint density at radius 1 is 1.12 bits per heavy atom. The first-order valence-corrected chi connectivity index (χ1v) is 11.9. The third-order valence-electron chi connectivity index (χ3n) is 7.97. The van der Waals surface area contributed by atoms with Crippen LogP contribution in [0.15, 0.2) is 48.5 Å². The summed E-state index contributed by atoms with van der Waals surface area (Å²) in [4.78, 5) is 19.8. The number of halogens is 1. The molecule has 1 heterocycles. The molecule has 2 aromatic carbocycles. The van der Waals surface area contributed by atoms with Crippen LogP contribution in [0.5, 0.6) is 0 Å². The summed E-state index contributed by atoms with van der Waals surface area (Å²) in [7, 11) is 4.10. The Morgan fingerprint density at radius 2 is 1.79 bits per heavy atom. The largest absolute Gasteiger partial charge is 0.386 e. The van der Waals surface area contributed by atoms with E-state index in [-0.39, 0.29) is 22.9 Å². The standard InChI is InChI=1S/C27H34FN3O2/c1-25(2,33)20-10-12-23(13-11-20)30-18-26(31(24(30)32)15-19-8-9-19)16-27(17-26,29(3)4)21-6-5-7-22(28)14-21/h5-7,10-14,19,33H,8-9,15-18H2,1-4H3. The third kappa shape index (κ3) is 3.73. The predicted molar refractivity (Wildman–Crippen MR) is 128 cm³/mol. The molecule has 2 saturated carbocycles. The van der Waals surface area contributed by atoms with Crippen molar-refractivity contribution in [2.75, 3.05) is 32.1 Å². The van der Waals surface area contributed by atoms with Crippen LogP contribution in [0.4, 0.5) is 14.9 Å². The van der Waals surface area contributed by atoms with E-state index >= 15 is 0 Å². The number of anilines is 1. The smallest absolute Gasteiger partial charge is 0.325 e. The number of carbonyl (C=O) groups is 1. The molecular formula is C27H34FN3O2. The highest BCUT2D eigenvalue weighted by Gasteiger charge is 2.65. The van der Waals surface area contributed by atoms with Gasteiger partial charge >= 0.3 is 6.03 Å². The normalized spacial score (nSPS) is 27.5. The summed E-state index contributed by atoms with van der Waals surface area (Å²) in [5, 5.41) is 10.3. The molecule has 0 aromatic heterocycles. The fraction of sp³-hybridized carbons (Fsp3) is 0.519. The summed E-state index contributed by atoms with van der Waals surface area (Å²) in [5.74, 6) is 0.368. The van der Waals surface area contributed by atoms with Crippen molar-refractivity contribution >= 4 is 11.7 Å². The minimum atomic E-state index is -0.920. The fourth-order valence-corrected chi connectivity index (χ4v) is 5.77. The van der Waals surface area contributed by atoms with Crippen molar-refractivity contribution in [2.24, 2.45) is 5.92 Å². The molecule has 6 heteroatoms. The van der Waals surface area contributed by atoms with Gasteiger partial charge in [-0.05, 0) is 94.9 Å². The topological polar surface area (TPSA) is 47.0 Å². The molecule has 0 unspecified atom stereocenters. The maximum absolute atomic E-state index is 14.1. The van der Waals surface area contributed by atoms with Gasteiger partial charge in [0, 0.05) is 12.2 Å². The Morgan fingerprint density at radius 3 is 2.33 bits per heavy atom. The number of benzene rings is 2. The summed E-state index contributed by atoms with van der Waals surface area (Å²) < 4.78 is 14.1. The van der Waals surface area contributed by atoms with E-state index in [1.807, 2.05) is 49.3 Å². The van der Waals surface area contributed by atoms with E-state index in [0.29, 0.717) is 12.5 Å². The van der Waals surface area contributed by atoms with E-state index in [4.69, 9.17) is 0 Å². The van der Waals surface area contributed by atoms with Gasteiger partial charge in [0.05, 0.1) is 23.2 Å². The molecule has 5 rings (SSSR count). The molecule has 0 atom stereocenters. The van der Waals surface area contributed by atoms with E-state index in [0.717, 1.165) is 36.2 Å². The molecule has 1 saturated heterocycles. The minimum Gasteiger partial charge on any atom is -0.386 e. The molecule has 3 aliphatic rings. The van der Waals surface area contributed by atoms with Crippen molar-refractivity contribution in [3.63, 3.8) is 0 Å². The van der Waals surface area contributed by atoms with Gasteiger partial charge < -0.3 is 10.0 Å². The number of nitrogens with zero attached hydrogens (tertiary/aromatic N) is 3. The van der Waals surface area contributed by atoms with Crippen molar-refractivity contribution in [2.45, 2.75) is 56.2 Å². The molecule has 176 valence electrons. The summed E-state index contributed by atoms with van der Waals surface area (Å²) in [5.41, 5.74) is 1.19. The second-order valence-electron chi connectivity index (χ2n) is 11.0. The first-order chi connectivity index (χ1) is 15.5. The summed E-state index contributed by atoms with van der Waals surface area (Å²) in [6.45, 7) is 4.95. The van der Waals surface area contributed by atoms with Crippen LogP contribution in [-0.2, 0) is 11.1 Å². The van der Waals surface area contributed by atoms with Crippen LogP contribution in [-0.4, -0.2) is 53.7 Å². The van der Waals surface area contributed by atoms with Gasteiger partial charge in [-0.1, -0.05) is 24.3 Å². The highest BCUT2D eigenvalue weighted by Crippen LogP contribution is 2.57. The van der Waals surface area contributed by atoms with E-state index in [2.05, 4.69) is 9.80 Å². The van der Waals surface area contributed by atoms with Crippen LogP contribution in [0.3, 0.4) is 0 Å². The summed E-state index contributed by atoms with van der Waals surface area (Å²) in [6, 6.07) is 14.6. The summed E-state index contributed by atoms with van der Waals surface area (Å²) in [6.07, 6.45) is 3.94. The first-order valence-electron chi connectivity index (χ1n) is 11.9. The predicted octanol–water partition coefficient (Wildman–Crippen LogP) is 4.69. The van der Waals surface area contributed by atoms with Crippen LogP contribution in [0.25, 0.3) is 0 Å². The molecule has 1 N–H and O–H groups in total. The van der Waals surface area contributed by atoms with Crippen molar-refractivity contribution < 1.29 is 14.3 Å². The van der Waals surface area contributed by atoms with Crippen LogP contribution in [0.1, 0.15) is 50.7 Å². The molecule has 33 heavy (non-hydrogen) atoms. The van der Waals surface area contributed by atoms with Gasteiger partial charge in [0.2, 0.25) is 0 Å². The molecule has 5 nitrogen and oxygen atoms in total. The second-order valence-corrected chi connectivity index (χ2v) is 11.0. The average Bonchev–Trinajstić information content (AvgIpc) is 3.50. The number of rotatable bonds is 6. The zero-order chi connectivity index (χ0) is 23.6. The third-order valence-corrected chi connectivity index (χ3v) is 7.97. The zero-order valence-corrected chi connectivity index (χ0v) is 20.0. The Hall–Kier alpha value is -2.44. The lowest BCUT2D eigenvalue weighted by atomic mass is 9.58. The molecule has 2 aromatic rings. The molecule has 2 amide bonds. The maximum atomic E-state index is 14.1. The number of aliphatic hydroxyl groups is 1. The highest BCUT2D eigenvalue weighted by atomic mass is 19.1. The SMILES string of the molecule is CN(C)C1(c2cccc(F)c2)CC2(CN(c3ccc(C(C)(C)O)cc3)C(=O)N2CC2CC2)C1. The lowest BCUT2D eigenvalue weighted by molar-refractivity contribution is -0.0681. The molecule has 2 aliphatic carbocycles. The van der Waals surface area contributed by atoms with Crippen LogP contribution < -0.4 is 4.90 Å². The van der Waals surface area contributed by atoms with Gasteiger partial charge in [-0.3, -0.25) is 9.80 Å². The Kier molecular flexibility index (Phi) is 5.11. The average molecular weight is 452 g/mol. The highest BCUT2D eigenvalue weighted by molar-refractivity contribution is 5.95. The molecule has 1 spiro atoms.